The molecule has 0 aromatic heterocycles. The maximum Gasteiger partial charge on any atom is 0.0136 e. The second-order valence-corrected chi connectivity index (χ2v) is 5.98. The highest BCUT2D eigenvalue weighted by Gasteiger charge is 2.02. The fourth-order valence-electron chi connectivity index (χ4n) is 2.54. The molecule has 0 aliphatic carbocycles. The van der Waals surface area contributed by atoms with E-state index in [0.29, 0.717) is 0 Å². The van der Waals surface area contributed by atoms with Crippen LogP contribution in [0.5, 0.6) is 0 Å². The Morgan fingerprint density at radius 3 is 2.22 bits per heavy atom. The molecule has 3 rings (SSSR count). The van der Waals surface area contributed by atoms with Crippen LogP contribution in [0.3, 0.4) is 0 Å². The first-order chi connectivity index (χ1) is 8.78. The Hall–Kier alpha value is -1.09. The zero-order chi connectivity index (χ0) is 12.5. The fraction of sp³-hybridized carbons (Fsp3) is 0.176. The van der Waals surface area contributed by atoms with Crippen molar-refractivity contribution in [3.63, 3.8) is 0 Å². The maximum atomic E-state index is 2.37. The van der Waals surface area contributed by atoms with Crippen molar-refractivity contribution in [2.45, 2.75) is 19.8 Å². The van der Waals surface area contributed by atoms with Crippen molar-refractivity contribution >= 4 is 44.1 Å². The van der Waals surface area contributed by atoms with E-state index >= 15 is 0 Å². The van der Waals surface area contributed by atoms with Gasteiger partial charge in [-0.2, -0.15) is 0 Å². The van der Waals surface area contributed by atoms with Gasteiger partial charge in [0.1, 0.15) is 0 Å². The molecule has 0 amide bonds. The maximum absolute atomic E-state index is 2.37. The van der Waals surface area contributed by atoms with Gasteiger partial charge in [-0.05, 0) is 68.3 Å². The van der Waals surface area contributed by atoms with Crippen LogP contribution in [0, 0.1) is 3.57 Å². The van der Waals surface area contributed by atoms with Crippen LogP contribution in [-0.4, -0.2) is 0 Å². The Labute approximate surface area is 121 Å². The van der Waals surface area contributed by atoms with Crippen LogP contribution in [0.1, 0.15) is 18.9 Å². The number of hydrogen-bond acceptors (Lipinski definition) is 0. The molecule has 18 heavy (non-hydrogen) atoms. The summed E-state index contributed by atoms with van der Waals surface area (Å²) in [5.74, 6) is 0. The molecule has 0 saturated carbocycles. The number of hydrogen-bond donors (Lipinski definition) is 0. The topological polar surface area (TPSA) is 0 Å². The van der Waals surface area contributed by atoms with E-state index in [1.165, 1.54) is 43.5 Å². The predicted molar refractivity (Wildman–Crippen MR) is 88.2 cm³/mol. The molecular weight excluding hydrogens is 331 g/mol. The third-order valence-corrected chi connectivity index (χ3v) is 4.07. The van der Waals surface area contributed by atoms with E-state index in [1.807, 2.05) is 0 Å². The van der Waals surface area contributed by atoms with Crippen molar-refractivity contribution in [1.29, 1.82) is 0 Å². The summed E-state index contributed by atoms with van der Waals surface area (Å²) in [4.78, 5) is 0. The first-order valence-electron chi connectivity index (χ1n) is 6.39. The lowest BCUT2D eigenvalue weighted by Gasteiger charge is -2.06. The van der Waals surface area contributed by atoms with E-state index < -0.39 is 0 Å². The Balaban J connectivity index is 2.28. The quantitative estimate of drug-likeness (QED) is 0.422. The summed E-state index contributed by atoms with van der Waals surface area (Å²) in [5, 5.41) is 5.41. The Morgan fingerprint density at radius 1 is 0.833 bits per heavy atom. The largest absolute Gasteiger partial charge is 0.0651 e. The van der Waals surface area contributed by atoms with Gasteiger partial charge >= 0.3 is 0 Å². The van der Waals surface area contributed by atoms with Gasteiger partial charge in [0, 0.05) is 3.57 Å². The van der Waals surface area contributed by atoms with Crippen LogP contribution in [0.25, 0.3) is 21.5 Å². The lowest BCUT2D eigenvalue weighted by atomic mass is 9.99. The Kier molecular flexibility index (Phi) is 3.25. The molecule has 0 aliphatic heterocycles. The molecule has 0 nitrogen and oxygen atoms in total. The monoisotopic (exact) mass is 346 g/mol. The molecule has 0 saturated heterocycles. The second kappa shape index (κ2) is 4.88. The van der Waals surface area contributed by atoms with Gasteiger partial charge in [-0.25, -0.2) is 0 Å². The molecule has 3 aromatic carbocycles. The van der Waals surface area contributed by atoms with Gasteiger partial charge in [0.15, 0.2) is 0 Å². The summed E-state index contributed by atoms with van der Waals surface area (Å²) in [6.07, 6.45) is 2.37. The van der Waals surface area contributed by atoms with E-state index in [0.717, 1.165) is 0 Å². The third-order valence-electron chi connectivity index (χ3n) is 3.40. The van der Waals surface area contributed by atoms with Crippen molar-refractivity contribution < 1.29 is 0 Å². The first-order valence-corrected chi connectivity index (χ1v) is 7.47. The molecule has 0 unspecified atom stereocenters. The highest BCUT2D eigenvalue weighted by molar-refractivity contribution is 14.1. The first kappa shape index (κ1) is 12.0. The average Bonchev–Trinajstić information content (AvgIpc) is 2.38. The highest BCUT2D eigenvalue weighted by atomic mass is 127. The smallest absolute Gasteiger partial charge is 0.0136 e. The zero-order valence-electron chi connectivity index (χ0n) is 10.4. The van der Waals surface area contributed by atoms with E-state index in [4.69, 9.17) is 0 Å². The van der Waals surface area contributed by atoms with Crippen molar-refractivity contribution in [1.82, 2.24) is 0 Å². The summed E-state index contributed by atoms with van der Waals surface area (Å²) < 4.78 is 1.29. The highest BCUT2D eigenvalue weighted by Crippen LogP contribution is 2.27. The predicted octanol–water partition coefficient (Wildman–Crippen LogP) is 5.55. The van der Waals surface area contributed by atoms with Crippen molar-refractivity contribution in [3.05, 3.63) is 57.7 Å². The molecule has 1 heteroatoms. The molecule has 0 radical (unpaired) electrons. The number of rotatable bonds is 2. The molecule has 0 N–H and O–H groups in total. The molecule has 0 heterocycles. The minimum atomic E-state index is 1.17. The number of halogens is 1. The van der Waals surface area contributed by atoms with Gasteiger partial charge in [0.2, 0.25) is 0 Å². The number of benzene rings is 3. The molecule has 0 spiro atoms. The van der Waals surface area contributed by atoms with Crippen molar-refractivity contribution in [3.8, 4) is 0 Å². The van der Waals surface area contributed by atoms with Gasteiger partial charge in [-0.15, -0.1) is 0 Å². The van der Waals surface area contributed by atoms with Crippen LogP contribution in [0.15, 0.2) is 48.5 Å². The van der Waals surface area contributed by atoms with Crippen molar-refractivity contribution in [2.24, 2.45) is 0 Å². The van der Waals surface area contributed by atoms with Crippen LogP contribution >= 0.6 is 22.6 Å². The third kappa shape index (κ3) is 2.12. The Bertz CT molecular complexity index is 713. The van der Waals surface area contributed by atoms with Gasteiger partial charge in [-0.3, -0.25) is 0 Å². The molecule has 0 aliphatic rings. The summed E-state index contributed by atoms with van der Waals surface area (Å²) in [7, 11) is 0. The summed E-state index contributed by atoms with van der Waals surface area (Å²) in [6.45, 7) is 2.23. The zero-order valence-corrected chi connectivity index (χ0v) is 12.6. The number of fused-ring (bicyclic) bond motifs is 3. The average molecular weight is 346 g/mol. The molecule has 3 aromatic rings. The standard InChI is InChI=1S/C17H15I/c1-2-3-12-4-8-16-13(10-12)5-6-14-11-15(18)7-9-17(14)16/h4-11H,2-3H2,1H3. The SMILES string of the molecule is CCCc1ccc2c(ccc3cc(I)ccc32)c1. The van der Waals surface area contributed by atoms with Crippen molar-refractivity contribution in [2.75, 3.05) is 0 Å². The minimum absolute atomic E-state index is 1.17. The van der Waals surface area contributed by atoms with Crippen LogP contribution in [-0.2, 0) is 6.42 Å². The van der Waals surface area contributed by atoms with Crippen LogP contribution in [0.4, 0.5) is 0 Å². The molecule has 90 valence electrons. The second-order valence-electron chi connectivity index (χ2n) is 4.74. The van der Waals surface area contributed by atoms with E-state index in [-0.39, 0.29) is 0 Å². The van der Waals surface area contributed by atoms with Crippen LogP contribution in [0.2, 0.25) is 0 Å². The molecule has 0 bridgehead atoms. The van der Waals surface area contributed by atoms with Gasteiger partial charge < -0.3 is 0 Å². The van der Waals surface area contributed by atoms with Gasteiger partial charge in [0.05, 0.1) is 0 Å². The Morgan fingerprint density at radius 2 is 1.50 bits per heavy atom. The van der Waals surface area contributed by atoms with E-state index in [2.05, 4.69) is 78.0 Å². The lowest BCUT2D eigenvalue weighted by Crippen LogP contribution is -1.84. The lowest BCUT2D eigenvalue weighted by molar-refractivity contribution is 0.924. The molecule has 0 fully saturated rings. The normalized spacial score (nSPS) is 11.2. The molecule has 0 atom stereocenters. The fourth-order valence-corrected chi connectivity index (χ4v) is 3.05. The van der Waals surface area contributed by atoms with Gasteiger partial charge in [-0.1, -0.05) is 49.7 Å². The summed E-state index contributed by atoms with van der Waals surface area (Å²) >= 11 is 2.37. The number of aryl methyl sites for hydroxylation is 1. The van der Waals surface area contributed by atoms with Gasteiger partial charge in [0.25, 0.3) is 0 Å². The summed E-state index contributed by atoms with van der Waals surface area (Å²) in [6, 6.07) is 18.0. The van der Waals surface area contributed by atoms with E-state index in [1.54, 1.807) is 0 Å². The molecular formula is C17H15I. The van der Waals surface area contributed by atoms with Crippen LogP contribution < -0.4 is 0 Å². The van der Waals surface area contributed by atoms with E-state index in [9.17, 15) is 0 Å². The summed E-state index contributed by atoms with van der Waals surface area (Å²) in [5.41, 5.74) is 1.44. The minimum Gasteiger partial charge on any atom is -0.0651 e.